The van der Waals surface area contributed by atoms with Gasteiger partial charge in [-0.25, -0.2) is 4.21 Å². The molecule has 6 rings (SSSR count). The minimum atomic E-state index is -1.66. The van der Waals surface area contributed by atoms with Crippen LogP contribution in [0.4, 0.5) is 11.4 Å². The van der Waals surface area contributed by atoms with Crippen LogP contribution in [0, 0.1) is 20.2 Å². The Kier molecular flexibility index (Phi) is 5.88. The van der Waals surface area contributed by atoms with E-state index in [1.165, 1.54) is 51.9 Å². The second-order valence-corrected chi connectivity index (χ2v) is 10.0. The van der Waals surface area contributed by atoms with Crippen molar-refractivity contribution in [3.05, 3.63) is 116 Å². The molecule has 0 spiro atoms. The molecule has 0 aromatic heterocycles. The molecule has 35 heavy (non-hydrogen) atoms. The van der Waals surface area contributed by atoms with Crippen molar-refractivity contribution in [3.8, 4) is 11.1 Å². The van der Waals surface area contributed by atoms with E-state index >= 15 is 0 Å². The van der Waals surface area contributed by atoms with Gasteiger partial charge in [0, 0.05) is 23.8 Å². The average Bonchev–Trinajstić information content (AvgIpc) is 3.14. The van der Waals surface area contributed by atoms with Gasteiger partial charge in [0.25, 0.3) is 11.4 Å². The van der Waals surface area contributed by atoms with E-state index in [1.54, 1.807) is 0 Å². The maximum absolute atomic E-state index is 12.4. The molecule has 9 heteroatoms. The monoisotopic (exact) mass is 546 g/mol. The Morgan fingerprint density at radius 1 is 0.657 bits per heavy atom. The molecule has 0 radical (unpaired) electrons. The SMILES string of the molecule is O=[N+]([O-])c1ccc2c(c1)S(=O)c1cc([N+](=O)[O-])c(Br)cc1-2.c1ccc2c(c1)ccc1ccccc12. The Morgan fingerprint density at radius 2 is 1.23 bits per heavy atom. The van der Waals surface area contributed by atoms with Crippen LogP contribution in [0.3, 0.4) is 0 Å². The van der Waals surface area contributed by atoms with Crippen LogP contribution in [0.15, 0.2) is 105 Å². The zero-order valence-electron chi connectivity index (χ0n) is 17.9. The molecule has 172 valence electrons. The first kappa shape index (κ1) is 22.8. The summed E-state index contributed by atoms with van der Waals surface area (Å²) in [4.78, 5) is 21.2. The Bertz CT molecular complexity index is 1650. The second kappa shape index (κ2) is 9.01. The third-order valence-electron chi connectivity index (χ3n) is 5.77. The number of nitrogens with zero attached hydrogens (tertiary/aromatic N) is 2. The van der Waals surface area contributed by atoms with Crippen LogP contribution in [0.5, 0.6) is 0 Å². The molecule has 1 aliphatic rings. The highest BCUT2D eigenvalue weighted by Crippen LogP contribution is 2.45. The van der Waals surface area contributed by atoms with Crippen LogP contribution < -0.4 is 0 Å². The molecule has 1 unspecified atom stereocenters. The Balaban J connectivity index is 0.000000156. The molecule has 1 atom stereocenters. The number of nitro groups is 2. The molecule has 0 bridgehead atoms. The van der Waals surface area contributed by atoms with Crippen LogP contribution in [-0.2, 0) is 10.8 Å². The molecule has 0 saturated carbocycles. The number of benzene rings is 5. The van der Waals surface area contributed by atoms with Crippen LogP contribution in [0.25, 0.3) is 32.7 Å². The van der Waals surface area contributed by atoms with E-state index in [1.807, 2.05) is 0 Å². The number of hydrogen-bond donors (Lipinski definition) is 0. The molecular formula is C26H15BrN2O5S. The molecular weight excluding hydrogens is 532 g/mol. The van der Waals surface area contributed by atoms with E-state index in [9.17, 15) is 24.4 Å². The van der Waals surface area contributed by atoms with E-state index in [2.05, 4.69) is 76.6 Å². The maximum atomic E-state index is 12.4. The van der Waals surface area contributed by atoms with Gasteiger partial charge in [-0.05, 0) is 55.2 Å². The highest BCUT2D eigenvalue weighted by molar-refractivity contribution is 9.10. The van der Waals surface area contributed by atoms with Gasteiger partial charge >= 0.3 is 0 Å². The van der Waals surface area contributed by atoms with E-state index in [-0.39, 0.29) is 15.8 Å². The summed E-state index contributed by atoms with van der Waals surface area (Å²) in [5.41, 5.74) is 0.813. The van der Waals surface area contributed by atoms with Crippen LogP contribution in [0.2, 0.25) is 0 Å². The highest BCUT2D eigenvalue weighted by atomic mass is 79.9. The van der Waals surface area contributed by atoms with Crippen LogP contribution in [0.1, 0.15) is 0 Å². The van der Waals surface area contributed by atoms with Crippen molar-refractivity contribution in [2.24, 2.45) is 0 Å². The normalized spacial score (nSPS) is 13.6. The van der Waals surface area contributed by atoms with Gasteiger partial charge in [0.2, 0.25) is 0 Å². The van der Waals surface area contributed by atoms with Gasteiger partial charge in [-0.2, -0.15) is 0 Å². The van der Waals surface area contributed by atoms with Crippen molar-refractivity contribution >= 4 is 59.6 Å². The lowest BCUT2D eigenvalue weighted by molar-refractivity contribution is -0.385. The summed E-state index contributed by atoms with van der Waals surface area (Å²) in [6, 6.07) is 28.2. The lowest BCUT2D eigenvalue weighted by Gasteiger charge is -2.02. The number of fused-ring (bicyclic) bond motifs is 6. The largest absolute Gasteiger partial charge is 0.284 e. The maximum Gasteiger partial charge on any atom is 0.284 e. The van der Waals surface area contributed by atoms with Crippen molar-refractivity contribution < 1.29 is 14.1 Å². The summed E-state index contributed by atoms with van der Waals surface area (Å²) >= 11 is 3.11. The molecule has 0 fully saturated rings. The van der Waals surface area contributed by atoms with Gasteiger partial charge in [-0.15, -0.1) is 0 Å². The van der Waals surface area contributed by atoms with E-state index < -0.39 is 20.6 Å². The van der Waals surface area contributed by atoms with Gasteiger partial charge in [-0.1, -0.05) is 60.7 Å². The van der Waals surface area contributed by atoms with E-state index in [0.29, 0.717) is 20.9 Å². The van der Waals surface area contributed by atoms with Crippen molar-refractivity contribution in [1.82, 2.24) is 0 Å². The summed E-state index contributed by atoms with van der Waals surface area (Å²) in [6.45, 7) is 0. The minimum Gasteiger partial charge on any atom is -0.258 e. The van der Waals surface area contributed by atoms with Crippen LogP contribution >= 0.6 is 15.9 Å². The van der Waals surface area contributed by atoms with E-state index in [0.717, 1.165) is 0 Å². The fraction of sp³-hybridized carbons (Fsp3) is 0. The van der Waals surface area contributed by atoms with Gasteiger partial charge in [0.15, 0.2) is 0 Å². The van der Waals surface area contributed by atoms with Crippen molar-refractivity contribution in [2.45, 2.75) is 9.79 Å². The average molecular weight is 547 g/mol. The Hall–Kier alpha value is -3.95. The topological polar surface area (TPSA) is 103 Å². The first-order chi connectivity index (χ1) is 16.8. The lowest BCUT2D eigenvalue weighted by atomic mass is 10.0. The number of halogens is 1. The lowest BCUT2D eigenvalue weighted by Crippen LogP contribution is -1.93. The first-order valence-corrected chi connectivity index (χ1v) is 12.3. The third kappa shape index (κ3) is 4.09. The number of rotatable bonds is 2. The Morgan fingerprint density at radius 3 is 1.80 bits per heavy atom. The van der Waals surface area contributed by atoms with Crippen molar-refractivity contribution in [3.63, 3.8) is 0 Å². The fourth-order valence-electron chi connectivity index (χ4n) is 4.12. The highest BCUT2D eigenvalue weighted by Gasteiger charge is 2.31. The third-order valence-corrected chi connectivity index (χ3v) is 7.88. The molecule has 5 aromatic carbocycles. The molecule has 0 N–H and O–H groups in total. The summed E-state index contributed by atoms with van der Waals surface area (Å²) in [7, 11) is -1.66. The first-order valence-electron chi connectivity index (χ1n) is 10.4. The van der Waals surface area contributed by atoms with Crippen LogP contribution in [-0.4, -0.2) is 14.1 Å². The predicted molar refractivity (Wildman–Crippen MR) is 139 cm³/mol. The minimum absolute atomic E-state index is 0.163. The molecule has 1 heterocycles. The standard InChI is InChI=1S/C14H10.C12H5BrN2O5S/c1-3-7-13-11(5-1)9-10-12-6-2-4-8-14(12)13;13-9-4-8-7-2-1-6(14(16)17)3-11(7)21(20)12(8)5-10(9)15(18)19/h1-10H;1-5H. The molecule has 7 nitrogen and oxygen atoms in total. The van der Waals surface area contributed by atoms with Crippen molar-refractivity contribution in [1.29, 1.82) is 0 Å². The smallest absolute Gasteiger partial charge is 0.258 e. The fourth-order valence-corrected chi connectivity index (χ4v) is 6.04. The van der Waals surface area contributed by atoms with Gasteiger partial charge in [-0.3, -0.25) is 20.2 Å². The quantitative estimate of drug-likeness (QED) is 0.128. The summed E-state index contributed by atoms with van der Waals surface area (Å²) in [6.07, 6.45) is 0. The second-order valence-electron chi connectivity index (χ2n) is 7.77. The molecule has 1 aliphatic heterocycles. The van der Waals surface area contributed by atoms with E-state index in [4.69, 9.17) is 0 Å². The Labute approximate surface area is 209 Å². The predicted octanol–water partition coefficient (Wildman–Crippen LogP) is 7.41. The molecule has 0 amide bonds. The summed E-state index contributed by atoms with van der Waals surface area (Å²) in [5.74, 6) is 0. The zero-order valence-corrected chi connectivity index (χ0v) is 20.3. The number of nitro benzene ring substituents is 2. The molecule has 5 aromatic rings. The van der Waals surface area contributed by atoms with Crippen molar-refractivity contribution in [2.75, 3.05) is 0 Å². The van der Waals surface area contributed by atoms with Gasteiger partial charge < -0.3 is 0 Å². The molecule has 0 aliphatic carbocycles. The number of non-ortho nitro benzene ring substituents is 1. The van der Waals surface area contributed by atoms with Gasteiger partial charge in [0.05, 0.1) is 34.9 Å². The zero-order chi connectivity index (χ0) is 24.7. The van der Waals surface area contributed by atoms with Gasteiger partial charge in [0.1, 0.15) is 0 Å². The summed E-state index contributed by atoms with van der Waals surface area (Å²) in [5, 5.41) is 27.0. The number of hydrogen-bond acceptors (Lipinski definition) is 5. The molecule has 0 saturated heterocycles. The summed E-state index contributed by atoms with van der Waals surface area (Å²) < 4.78 is 12.7.